The number of anilines is 1. The minimum atomic E-state index is -3.85. The summed E-state index contributed by atoms with van der Waals surface area (Å²) in [7, 11) is -3.85. The van der Waals surface area contributed by atoms with Crippen molar-refractivity contribution in [1.29, 1.82) is 0 Å². The second-order valence-electron chi connectivity index (χ2n) is 8.50. The SMILES string of the molecule is CCNC(=O)C(Cc1ccccc1)N(Cc1ccc(Cl)cc1)C(=O)CN(c1cccc(Cl)c1)S(C)(=O)=O. The van der Waals surface area contributed by atoms with Gasteiger partial charge in [-0.2, -0.15) is 0 Å². The lowest BCUT2D eigenvalue weighted by Crippen LogP contribution is -2.53. The zero-order chi connectivity index (χ0) is 27.0. The van der Waals surface area contributed by atoms with Crippen LogP contribution in [-0.4, -0.2) is 50.5 Å². The van der Waals surface area contributed by atoms with Gasteiger partial charge in [-0.05, 0) is 48.4 Å². The molecule has 2 amide bonds. The summed E-state index contributed by atoms with van der Waals surface area (Å²) in [4.78, 5) is 28.5. The van der Waals surface area contributed by atoms with E-state index in [1.165, 1.54) is 11.0 Å². The van der Waals surface area contributed by atoms with Gasteiger partial charge in [0.25, 0.3) is 0 Å². The summed E-state index contributed by atoms with van der Waals surface area (Å²) in [5, 5.41) is 3.69. The minimum Gasteiger partial charge on any atom is -0.355 e. The molecule has 1 atom stereocenters. The van der Waals surface area contributed by atoms with Crippen LogP contribution in [0, 0.1) is 0 Å². The maximum absolute atomic E-state index is 13.9. The fourth-order valence-corrected chi connectivity index (χ4v) is 5.03. The van der Waals surface area contributed by atoms with Crippen molar-refractivity contribution >= 4 is 50.7 Å². The molecule has 0 bridgehead atoms. The number of halogens is 2. The summed E-state index contributed by atoms with van der Waals surface area (Å²) in [6.07, 6.45) is 1.28. The Kier molecular flexibility index (Phi) is 9.97. The third-order valence-electron chi connectivity index (χ3n) is 5.66. The third kappa shape index (κ3) is 8.21. The first-order chi connectivity index (χ1) is 17.6. The van der Waals surface area contributed by atoms with Gasteiger partial charge in [-0.3, -0.25) is 13.9 Å². The van der Waals surface area contributed by atoms with Gasteiger partial charge < -0.3 is 10.2 Å². The highest BCUT2D eigenvalue weighted by atomic mass is 35.5. The topological polar surface area (TPSA) is 86.8 Å². The summed E-state index contributed by atoms with van der Waals surface area (Å²) < 4.78 is 26.4. The number of rotatable bonds is 11. The van der Waals surface area contributed by atoms with E-state index in [1.807, 2.05) is 30.3 Å². The molecule has 3 aromatic rings. The van der Waals surface area contributed by atoms with E-state index in [-0.39, 0.29) is 24.6 Å². The normalized spacial score (nSPS) is 12.0. The maximum atomic E-state index is 13.9. The lowest BCUT2D eigenvalue weighted by molar-refractivity contribution is -0.140. The van der Waals surface area contributed by atoms with Crippen LogP contribution in [0.25, 0.3) is 0 Å². The molecule has 1 unspecified atom stereocenters. The van der Waals surface area contributed by atoms with Crippen molar-refractivity contribution in [2.75, 3.05) is 23.7 Å². The van der Waals surface area contributed by atoms with Crippen LogP contribution in [0.3, 0.4) is 0 Å². The molecule has 0 saturated heterocycles. The van der Waals surface area contributed by atoms with Crippen LogP contribution in [0.15, 0.2) is 78.9 Å². The Labute approximate surface area is 228 Å². The quantitative estimate of drug-likeness (QED) is 0.372. The van der Waals surface area contributed by atoms with E-state index in [4.69, 9.17) is 23.2 Å². The Morgan fingerprint density at radius 3 is 2.16 bits per heavy atom. The smallest absolute Gasteiger partial charge is 0.244 e. The molecular weight excluding hydrogens is 533 g/mol. The van der Waals surface area contributed by atoms with Crippen molar-refractivity contribution in [3.05, 3.63) is 100 Å². The summed E-state index contributed by atoms with van der Waals surface area (Å²) >= 11 is 12.1. The second-order valence-corrected chi connectivity index (χ2v) is 11.3. The number of hydrogen-bond acceptors (Lipinski definition) is 4. The zero-order valence-corrected chi connectivity index (χ0v) is 22.9. The van der Waals surface area contributed by atoms with Crippen molar-refractivity contribution in [2.45, 2.75) is 25.9 Å². The molecule has 7 nitrogen and oxygen atoms in total. The Morgan fingerprint density at radius 1 is 0.892 bits per heavy atom. The van der Waals surface area contributed by atoms with E-state index < -0.39 is 28.5 Å². The summed E-state index contributed by atoms with van der Waals surface area (Å²) in [6.45, 7) is 1.76. The van der Waals surface area contributed by atoms with Crippen molar-refractivity contribution in [3.63, 3.8) is 0 Å². The highest BCUT2D eigenvalue weighted by Gasteiger charge is 2.32. The number of likely N-dealkylation sites (N-methyl/N-ethyl adjacent to an activating group) is 1. The molecule has 0 spiro atoms. The first-order valence-corrected chi connectivity index (χ1v) is 14.3. The molecule has 0 aromatic heterocycles. The molecule has 0 radical (unpaired) electrons. The molecule has 0 aliphatic rings. The predicted octanol–water partition coefficient (Wildman–Crippen LogP) is 4.54. The molecule has 0 aliphatic heterocycles. The van der Waals surface area contributed by atoms with Gasteiger partial charge in [0.15, 0.2) is 0 Å². The van der Waals surface area contributed by atoms with E-state index in [1.54, 1.807) is 49.4 Å². The van der Waals surface area contributed by atoms with Crippen LogP contribution < -0.4 is 9.62 Å². The third-order valence-corrected chi connectivity index (χ3v) is 7.29. The molecule has 196 valence electrons. The van der Waals surface area contributed by atoms with Gasteiger partial charge in [0, 0.05) is 29.6 Å². The summed E-state index contributed by atoms with van der Waals surface area (Å²) in [5.41, 5.74) is 1.86. The average Bonchev–Trinajstić information content (AvgIpc) is 2.85. The van der Waals surface area contributed by atoms with Gasteiger partial charge in [0.1, 0.15) is 12.6 Å². The highest BCUT2D eigenvalue weighted by molar-refractivity contribution is 7.92. The predicted molar refractivity (Wildman–Crippen MR) is 148 cm³/mol. The van der Waals surface area contributed by atoms with Crippen molar-refractivity contribution < 1.29 is 18.0 Å². The van der Waals surface area contributed by atoms with Crippen LogP contribution in [0.1, 0.15) is 18.1 Å². The van der Waals surface area contributed by atoms with E-state index in [0.29, 0.717) is 16.6 Å². The highest BCUT2D eigenvalue weighted by Crippen LogP contribution is 2.23. The largest absolute Gasteiger partial charge is 0.355 e. The van der Waals surface area contributed by atoms with Gasteiger partial charge in [-0.25, -0.2) is 8.42 Å². The van der Waals surface area contributed by atoms with Crippen LogP contribution in [-0.2, 0) is 32.6 Å². The van der Waals surface area contributed by atoms with E-state index >= 15 is 0 Å². The number of carbonyl (C=O) groups is 2. The minimum absolute atomic E-state index is 0.0811. The molecule has 0 heterocycles. The van der Waals surface area contributed by atoms with E-state index in [9.17, 15) is 18.0 Å². The number of benzene rings is 3. The standard InChI is InChI=1S/C27H29Cl2N3O4S/c1-3-30-27(34)25(16-20-8-5-4-6-9-20)31(18-21-12-14-22(28)15-13-21)26(33)19-32(37(2,35)36)24-11-7-10-23(29)17-24/h4-15,17,25H,3,16,18-19H2,1-2H3,(H,30,34). The van der Waals surface area contributed by atoms with Crippen molar-refractivity contribution in [1.82, 2.24) is 10.2 Å². The van der Waals surface area contributed by atoms with Crippen LogP contribution in [0.5, 0.6) is 0 Å². The van der Waals surface area contributed by atoms with Gasteiger partial charge >= 0.3 is 0 Å². The summed E-state index contributed by atoms with van der Waals surface area (Å²) in [6, 6.07) is 21.7. The second kappa shape index (κ2) is 12.9. The van der Waals surface area contributed by atoms with Gasteiger partial charge in [0.05, 0.1) is 11.9 Å². The molecule has 0 saturated carbocycles. The lowest BCUT2D eigenvalue weighted by Gasteiger charge is -2.33. The van der Waals surface area contributed by atoms with Crippen LogP contribution in [0.2, 0.25) is 10.0 Å². The van der Waals surface area contributed by atoms with E-state index in [2.05, 4.69) is 5.32 Å². The molecule has 1 N–H and O–H groups in total. The molecule has 0 aliphatic carbocycles. The number of nitrogens with zero attached hydrogens (tertiary/aromatic N) is 2. The number of sulfonamides is 1. The molecule has 3 aromatic carbocycles. The average molecular weight is 563 g/mol. The Balaban J connectivity index is 2.03. The molecular formula is C27H29Cl2N3O4S. The lowest BCUT2D eigenvalue weighted by atomic mass is 10.0. The Morgan fingerprint density at radius 2 is 1.57 bits per heavy atom. The van der Waals surface area contributed by atoms with Crippen molar-refractivity contribution in [3.8, 4) is 0 Å². The van der Waals surface area contributed by atoms with Gasteiger partial charge in [-0.1, -0.05) is 71.7 Å². The number of hydrogen-bond donors (Lipinski definition) is 1. The Hall–Kier alpha value is -3.07. The fourth-order valence-electron chi connectivity index (χ4n) is 3.88. The monoisotopic (exact) mass is 561 g/mol. The van der Waals surface area contributed by atoms with E-state index in [0.717, 1.165) is 21.7 Å². The maximum Gasteiger partial charge on any atom is 0.244 e. The van der Waals surface area contributed by atoms with Gasteiger partial charge in [-0.15, -0.1) is 0 Å². The molecule has 0 fully saturated rings. The fraction of sp³-hybridized carbons (Fsp3) is 0.259. The summed E-state index contributed by atoms with van der Waals surface area (Å²) in [5.74, 6) is -0.866. The molecule has 3 rings (SSSR count). The Bertz CT molecular complexity index is 1320. The zero-order valence-electron chi connectivity index (χ0n) is 20.6. The number of nitrogens with one attached hydrogen (secondary N) is 1. The van der Waals surface area contributed by atoms with Crippen LogP contribution >= 0.6 is 23.2 Å². The first kappa shape index (κ1) is 28.5. The van der Waals surface area contributed by atoms with Crippen LogP contribution in [0.4, 0.5) is 5.69 Å². The molecule has 10 heteroatoms. The van der Waals surface area contributed by atoms with Gasteiger partial charge in [0.2, 0.25) is 21.8 Å². The first-order valence-electron chi connectivity index (χ1n) is 11.7. The van der Waals surface area contributed by atoms with Crippen molar-refractivity contribution in [2.24, 2.45) is 0 Å². The molecule has 37 heavy (non-hydrogen) atoms. The number of carbonyl (C=O) groups excluding carboxylic acids is 2. The number of amides is 2.